The van der Waals surface area contributed by atoms with Crippen molar-refractivity contribution >= 4 is 0 Å². The molecule has 98 valence electrons. The molecule has 0 saturated heterocycles. The van der Waals surface area contributed by atoms with E-state index in [4.69, 9.17) is 5.11 Å². The summed E-state index contributed by atoms with van der Waals surface area (Å²) >= 11 is 0. The lowest BCUT2D eigenvalue weighted by molar-refractivity contribution is 0.286. The van der Waals surface area contributed by atoms with E-state index in [1.54, 1.807) is 0 Å². The van der Waals surface area contributed by atoms with Crippen LogP contribution in [-0.4, -0.2) is 28.0 Å². The average Bonchev–Trinajstić information content (AvgIpc) is 2.50. The maximum atomic E-state index is 8.73. The molecule has 17 heavy (non-hydrogen) atoms. The van der Waals surface area contributed by atoms with Gasteiger partial charge >= 0.3 is 0 Å². The van der Waals surface area contributed by atoms with Gasteiger partial charge in [-0.25, -0.2) is 0 Å². The second-order valence-corrected chi connectivity index (χ2v) is 5.49. The first kappa shape index (κ1) is 14.2. The summed E-state index contributed by atoms with van der Waals surface area (Å²) in [5, 5.41) is 16.7. The van der Waals surface area contributed by atoms with Crippen LogP contribution in [0.25, 0.3) is 0 Å². The van der Waals surface area contributed by atoms with Crippen LogP contribution in [0.3, 0.4) is 0 Å². The summed E-state index contributed by atoms with van der Waals surface area (Å²) in [6.45, 7) is 12.6. The zero-order valence-electron chi connectivity index (χ0n) is 11.7. The van der Waals surface area contributed by atoms with Gasteiger partial charge in [0.1, 0.15) is 0 Å². The van der Waals surface area contributed by atoms with Crippen molar-refractivity contribution in [2.24, 2.45) is 0 Å². The molecule has 2 N–H and O–H groups in total. The molecule has 0 aliphatic carbocycles. The summed E-state index contributed by atoms with van der Waals surface area (Å²) in [6, 6.07) is 0. The Kier molecular flexibility index (Phi) is 4.71. The number of hydrogen-bond donors (Lipinski definition) is 2. The van der Waals surface area contributed by atoms with Gasteiger partial charge in [0.2, 0.25) is 0 Å². The van der Waals surface area contributed by atoms with Gasteiger partial charge in [0.15, 0.2) is 0 Å². The van der Waals surface area contributed by atoms with Gasteiger partial charge in [-0.05, 0) is 47.6 Å². The molecule has 0 amide bonds. The standard InChI is InChI=1S/C13H25N3O/c1-10-12(9-14-7-6-8-17)11(2)16(15-10)13(3,4)5/h14,17H,6-9H2,1-5H3. The molecular weight excluding hydrogens is 214 g/mol. The van der Waals surface area contributed by atoms with Crippen LogP contribution in [0, 0.1) is 13.8 Å². The minimum Gasteiger partial charge on any atom is -0.396 e. The number of aliphatic hydroxyl groups excluding tert-OH is 1. The minimum atomic E-state index is 0.0260. The van der Waals surface area contributed by atoms with E-state index in [0.29, 0.717) is 0 Å². The summed E-state index contributed by atoms with van der Waals surface area (Å²) in [5.74, 6) is 0. The Morgan fingerprint density at radius 1 is 1.29 bits per heavy atom. The Morgan fingerprint density at radius 3 is 2.41 bits per heavy atom. The van der Waals surface area contributed by atoms with Gasteiger partial charge < -0.3 is 10.4 Å². The molecular formula is C13H25N3O. The number of nitrogens with one attached hydrogen (secondary N) is 1. The molecule has 0 radical (unpaired) electrons. The first-order valence-corrected chi connectivity index (χ1v) is 6.25. The second kappa shape index (κ2) is 5.65. The number of nitrogens with zero attached hydrogens (tertiary/aromatic N) is 2. The first-order valence-electron chi connectivity index (χ1n) is 6.25. The van der Waals surface area contributed by atoms with Crippen molar-refractivity contribution in [3.05, 3.63) is 17.0 Å². The van der Waals surface area contributed by atoms with Crippen LogP contribution in [0.5, 0.6) is 0 Å². The van der Waals surface area contributed by atoms with Crippen molar-refractivity contribution in [2.75, 3.05) is 13.2 Å². The lowest BCUT2D eigenvalue weighted by atomic mass is 10.1. The predicted molar refractivity (Wildman–Crippen MR) is 70.1 cm³/mol. The third kappa shape index (κ3) is 3.54. The first-order chi connectivity index (χ1) is 7.88. The molecule has 0 aromatic carbocycles. The average molecular weight is 239 g/mol. The molecule has 0 aliphatic rings. The maximum Gasteiger partial charge on any atom is 0.0641 e. The summed E-state index contributed by atoms with van der Waals surface area (Å²) < 4.78 is 2.09. The molecule has 0 fully saturated rings. The molecule has 0 spiro atoms. The van der Waals surface area contributed by atoms with Gasteiger partial charge in [-0.1, -0.05) is 0 Å². The third-order valence-corrected chi connectivity index (χ3v) is 2.89. The van der Waals surface area contributed by atoms with Crippen molar-refractivity contribution in [1.29, 1.82) is 0 Å². The Hall–Kier alpha value is -0.870. The Labute approximate surface area is 104 Å². The summed E-state index contributed by atoms with van der Waals surface area (Å²) in [7, 11) is 0. The monoisotopic (exact) mass is 239 g/mol. The lowest BCUT2D eigenvalue weighted by Crippen LogP contribution is -2.24. The van der Waals surface area contributed by atoms with E-state index in [-0.39, 0.29) is 12.1 Å². The smallest absolute Gasteiger partial charge is 0.0641 e. The van der Waals surface area contributed by atoms with Crippen LogP contribution in [-0.2, 0) is 12.1 Å². The molecule has 0 atom stereocenters. The van der Waals surface area contributed by atoms with E-state index in [1.807, 2.05) is 0 Å². The maximum absolute atomic E-state index is 8.73. The van der Waals surface area contributed by atoms with Crippen molar-refractivity contribution < 1.29 is 5.11 Å². The van der Waals surface area contributed by atoms with Gasteiger partial charge in [-0.2, -0.15) is 5.10 Å². The fraction of sp³-hybridized carbons (Fsp3) is 0.769. The van der Waals surface area contributed by atoms with Crippen molar-refractivity contribution in [3.63, 3.8) is 0 Å². The predicted octanol–water partition coefficient (Wildman–Crippen LogP) is 1.73. The van der Waals surface area contributed by atoms with Gasteiger partial charge in [-0.15, -0.1) is 0 Å². The number of hydrogen-bond acceptors (Lipinski definition) is 3. The highest BCUT2D eigenvalue weighted by molar-refractivity contribution is 5.25. The van der Waals surface area contributed by atoms with Gasteiger partial charge in [0, 0.05) is 24.4 Å². The molecule has 0 saturated carbocycles. The quantitative estimate of drug-likeness (QED) is 0.769. The molecule has 0 bridgehead atoms. The van der Waals surface area contributed by atoms with Gasteiger partial charge in [0.25, 0.3) is 0 Å². The summed E-state index contributed by atoms with van der Waals surface area (Å²) in [6.07, 6.45) is 0.797. The number of aryl methyl sites for hydroxylation is 1. The topological polar surface area (TPSA) is 50.1 Å². The number of aliphatic hydroxyl groups is 1. The minimum absolute atomic E-state index is 0.0260. The Bertz CT molecular complexity index is 363. The number of aromatic nitrogens is 2. The van der Waals surface area contributed by atoms with Crippen LogP contribution in [0.4, 0.5) is 0 Å². The van der Waals surface area contributed by atoms with E-state index in [9.17, 15) is 0 Å². The summed E-state index contributed by atoms with van der Waals surface area (Å²) in [5.41, 5.74) is 3.62. The molecule has 4 nitrogen and oxygen atoms in total. The molecule has 1 rings (SSSR count). The van der Waals surface area contributed by atoms with Gasteiger partial charge in [-0.3, -0.25) is 4.68 Å². The Balaban J connectivity index is 2.76. The van der Waals surface area contributed by atoms with E-state index in [1.165, 1.54) is 11.3 Å². The van der Waals surface area contributed by atoms with Crippen LogP contribution in [0.1, 0.15) is 44.1 Å². The largest absolute Gasteiger partial charge is 0.396 e. The SMILES string of the molecule is Cc1nn(C(C)(C)C)c(C)c1CNCCCO. The van der Waals surface area contributed by atoms with E-state index in [2.05, 4.69) is 49.7 Å². The lowest BCUT2D eigenvalue weighted by Gasteiger charge is -2.21. The van der Waals surface area contributed by atoms with Crippen molar-refractivity contribution in [3.8, 4) is 0 Å². The second-order valence-electron chi connectivity index (χ2n) is 5.49. The number of rotatable bonds is 5. The zero-order chi connectivity index (χ0) is 13.1. The molecule has 1 aromatic rings. The van der Waals surface area contributed by atoms with Crippen molar-refractivity contribution in [1.82, 2.24) is 15.1 Å². The molecule has 1 heterocycles. The highest BCUT2D eigenvalue weighted by atomic mass is 16.3. The van der Waals surface area contributed by atoms with Crippen LogP contribution < -0.4 is 5.32 Å². The molecule has 4 heteroatoms. The van der Waals surface area contributed by atoms with E-state index >= 15 is 0 Å². The highest BCUT2D eigenvalue weighted by Crippen LogP contribution is 2.21. The fourth-order valence-electron chi connectivity index (χ4n) is 2.00. The molecule has 0 unspecified atom stereocenters. The van der Waals surface area contributed by atoms with E-state index in [0.717, 1.165) is 25.2 Å². The molecule has 0 aliphatic heterocycles. The molecule has 1 aromatic heterocycles. The Morgan fingerprint density at radius 2 is 1.94 bits per heavy atom. The van der Waals surface area contributed by atoms with Crippen LogP contribution in [0.15, 0.2) is 0 Å². The van der Waals surface area contributed by atoms with Gasteiger partial charge in [0.05, 0.1) is 11.2 Å². The van der Waals surface area contributed by atoms with Crippen LogP contribution in [0.2, 0.25) is 0 Å². The van der Waals surface area contributed by atoms with E-state index < -0.39 is 0 Å². The van der Waals surface area contributed by atoms with Crippen LogP contribution >= 0.6 is 0 Å². The third-order valence-electron chi connectivity index (χ3n) is 2.89. The fourth-order valence-corrected chi connectivity index (χ4v) is 2.00. The van der Waals surface area contributed by atoms with Crippen molar-refractivity contribution in [2.45, 2.75) is 53.1 Å². The highest BCUT2D eigenvalue weighted by Gasteiger charge is 2.20. The summed E-state index contributed by atoms with van der Waals surface area (Å²) in [4.78, 5) is 0. The normalized spacial score (nSPS) is 12.1. The zero-order valence-corrected chi connectivity index (χ0v) is 11.7.